The monoisotopic (exact) mass is 246 g/mol. The Morgan fingerprint density at radius 1 is 1.56 bits per heavy atom. The molecule has 1 aromatic carbocycles. The molecule has 1 unspecified atom stereocenters. The summed E-state index contributed by atoms with van der Waals surface area (Å²) >= 11 is 0. The van der Waals surface area contributed by atoms with Gasteiger partial charge in [0.1, 0.15) is 0 Å². The molecule has 94 valence electrons. The van der Waals surface area contributed by atoms with Crippen molar-refractivity contribution in [1.82, 2.24) is 9.78 Å². The Labute approximate surface area is 104 Å². The smallest absolute Gasteiger partial charge is 0.337 e. The molecule has 0 aliphatic carbocycles. The average Bonchev–Trinajstić information content (AvgIpc) is 2.63. The highest BCUT2D eigenvalue weighted by atomic mass is 16.5. The van der Waals surface area contributed by atoms with E-state index >= 15 is 0 Å². The summed E-state index contributed by atoms with van der Waals surface area (Å²) in [6, 6.07) is 5.46. The number of hydrogen-bond donors (Lipinski definition) is 0. The molecule has 1 aromatic heterocycles. The minimum Gasteiger partial charge on any atom is -0.465 e. The van der Waals surface area contributed by atoms with Crippen molar-refractivity contribution in [1.29, 1.82) is 0 Å². The van der Waals surface area contributed by atoms with Crippen molar-refractivity contribution >= 4 is 16.9 Å². The maximum Gasteiger partial charge on any atom is 0.337 e. The molecular weight excluding hydrogens is 232 g/mol. The first-order valence-electron chi connectivity index (χ1n) is 5.89. The Morgan fingerprint density at radius 3 is 2.94 bits per heavy atom. The highest BCUT2D eigenvalue weighted by Crippen LogP contribution is 2.29. The summed E-state index contributed by atoms with van der Waals surface area (Å²) in [4.78, 5) is 11.5. The van der Waals surface area contributed by atoms with Crippen LogP contribution in [0.5, 0.6) is 0 Å². The number of rotatable bonds is 2. The second-order valence-corrected chi connectivity index (χ2v) is 4.37. The molecule has 0 bridgehead atoms. The predicted molar refractivity (Wildman–Crippen MR) is 65.4 cm³/mol. The zero-order valence-electron chi connectivity index (χ0n) is 10.3. The molecule has 1 aliphatic rings. The van der Waals surface area contributed by atoms with Gasteiger partial charge in [0.05, 0.1) is 30.5 Å². The molecule has 0 amide bonds. The lowest BCUT2D eigenvalue weighted by Gasteiger charge is -2.27. The maximum atomic E-state index is 11.5. The number of aryl methyl sites for hydroxylation is 1. The Morgan fingerprint density at radius 2 is 2.33 bits per heavy atom. The Balaban J connectivity index is 2.11. The fraction of sp³-hybridized carbons (Fsp3) is 0.385. The lowest BCUT2D eigenvalue weighted by atomic mass is 10.1. The van der Waals surface area contributed by atoms with E-state index in [0.717, 1.165) is 29.6 Å². The van der Waals surface area contributed by atoms with Gasteiger partial charge in [-0.15, -0.1) is 0 Å². The molecule has 3 rings (SSSR count). The maximum absolute atomic E-state index is 11.5. The molecule has 2 aromatic rings. The zero-order valence-corrected chi connectivity index (χ0v) is 10.3. The average molecular weight is 246 g/mol. The normalized spacial score (nSPS) is 18.7. The Hall–Kier alpha value is -1.88. The van der Waals surface area contributed by atoms with Crippen molar-refractivity contribution in [2.24, 2.45) is 0 Å². The number of carbonyl (C=O) groups excluding carboxylic acids is 1. The van der Waals surface area contributed by atoms with Crippen LogP contribution in [0.25, 0.3) is 10.9 Å². The van der Waals surface area contributed by atoms with E-state index in [4.69, 9.17) is 9.47 Å². The topological polar surface area (TPSA) is 53.3 Å². The lowest BCUT2D eigenvalue weighted by Crippen LogP contribution is -2.25. The highest BCUT2D eigenvalue weighted by Gasteiger charge is 2.24. The number of ether oxygens (including phenoxy) is 2. The molecule has 2 heterocycles. The van der Waals surface area contributed by atoms with Crippen LogP contribution in [0.4, 0.5) is 0 Å². The van der Waals surface area contributed by atoms with E-state index in [1.807, 2.05) is 23.7 Å². The van der Waals surface area contributed by atoms with Crippen LogP contribution in [-0.4, -0.2) is 29.5 Å². The SMILES string of the molecule is COC(=O)c1ccc2c(c1)c(C)nn2C1CCO1. The Kier molecular flexibility index (Phi) is 2.56. The van der Waals surface area contributed by atoms with Crippen LogP contribution in [0.3, 0.4) is 0 Å². The van der Waals surface area contributed by atoms with Crippen LogP contribution in [0.2, 0.25) is 0 Å². The molecule has 5 nitrogen and oxygen atoms in total. The molecular formula is C13H14N2O3. The zero-order chi connectivity index (χ0) is 12.7. The summed E-state index contributed by atoms with van der Waals surface area (Å²) in [5, 5.41) is 5.44. The van der Waals surface area contributed by atoms with E-state index in [-0.39, 0.29) is 12.2 Å². The summed E-state index contributed by atoms with van der Waals surface area (Å²) in [6.07, 6.45) is 1.01. The van der Waals surface area contributed by atoms with Gasteiger partial charge in [-0.1, -0.05) is 0 Å². The number of fused-ring (bicyclic) bond motifs is 1. The van der Waals surface area contributed by atoms with Gasteiger partial charge in [-0.05, 0) is 25.1 Å². The fourth-order valence-electron chi connectivity index (χ4n) is 2.18. The van der Waals surface area contributed by atoms with E-state index in [0.29, 0.717) is 5.56 Å². The standard InChI is InChI=1S/C13H14N2O3/c1-8-10-7-9(13(16)17-2)3-4-11(10)15(14-8)12-5-6-18-12/h3-4,7,12H,5-6H2,1-2H3. The first-order chi connectivity index (χ1) is 8.70. The first kappa shape index (κ1) is 11.2. The quantitative estimate of drug-likeness (QED) is 0.761. The number of methoxy groups -OCH3 is 1. The summed E-state index contributed by atoms with van der Waals surface area (Å²) in [7, 11) is 1.38. The third-order valence-corrected chi connectivity index (χ3v) is 3.26. The third kappa shape index (κ3) is 1.59. The number of nitrogens with zero attached hydrogens (tertiary/aromatic N) is 2. The molecule has 1 atom stereocenters. The highest BCUT2D eigenvalue weighted by molar-refractivity contribution is 5.95. The largest absolute Gasteiger partial charge is 0.465 e. The van der Waals surface area contributed by atoms with E-state index in [1.165, 1.54) is 7.11 Å². The molecule has 0 saturated carbocycles. The second kappa shape index (κ2) is 4.10. The Bertz CT molecular complexity index is 614. The van der Waals surface area contributed by atoms with Crippen LogP contribution in [0, 0.1) is 6.92 Å². The van der Waals surface area contributed by atoms with E-state index in [1.54, 1.807) is 6.07 Å². The van der Waals surface area contributed by atoms with E-state index in [9.17, 15) is 4.79 Å². The van der Waals surface area contributed by atoms with Gasteiger partial charge in [-0.25, -0.2) is 9.48 Å². The first-order valence-corrected chi connectivity index (χ1v) is 5.89. The lowest BCUT2D eigenvalue weighted by molar-refractivity contribution is -0.104. The van der Waals surface area contributed by atoms with Crippen molar-refractivity contribution in [3.8, 4) is 0 Å². The molecule has 5 heteroatoms. The second-order valence-electron chi connectivity index (χ2n) is 4.37. The molecule has 1 aliphatic heterocycles. The van der Waals surface area contributed by atoms with Crippen LogP contribution >= 0.6 is 0 Å². The molecule has 0 spiro atoms. The molecule has 0 radical (unpaired) electrons. The molecule has 1 fully saturated rings. The minimum atomic E-state index is -0.330. The van der Waals surface area contributed by atoms with Gasteiger partial charge in [0.15, 0.2) is 6.23 Å². The third-order valence-electron chi connectivity index (χ3n) is 3.26. The number of esters is 1. The van der Waals surface area contributed by atoms with Crippen LogP contribution in [0.1, 0.15) is 28.7 Å². The van der Waals surface area contributed by atoms with E-state index in [2.05, 4.69) is 5.10 Å². The summed E-state index contributed by atoms with van der Waals surface area (Å²) in [5.41, 5.74) is 2.43. The van der Waals surface area contributed by atoms with Crippen molar-refractivity contribution in [2.45, 2.75) is 19.6 Å². The minimum absolute atomic E-state index is 0.0326. The van der Waals surface area contributed by atoms with Crippen molar-refractivity contribution in [3.63, 3.8) is 0 Å². The van der Waals surface area contributed by atoms with Crippen molar-refractivity contribution in [3.05, 3.63) is 29.5 Å². The fourth-order valence-corrected chi connectivity index (χ4v) is 2.18. The summed E-state index contributed by atoms with van der Waals surface area (Å²) < 4.78 is 12.1. The van der Waals surface area contributed by atoms with Gasteiger partial charge in [0.25, 0.3) is 0 Å². The number of aromatic nitrogens is 2. The van der Waals surface area contributed by atoms with Gasteiger partial charge in [-0.3, -0.25) is 0 Å². The summed E-state index contributed by atoms with van der Waals surface area (Å²) in [5.74, 6) is -0.330. The summed E-state index contributed by atoms with van der Waals surface area (Å²) in [6.45, 7) is 2.71. The molecule has 0 N–H and O–H groups in total. The van der Waals surface area contributed by atoms with E-state index < -0.39 is 0 Å². The predicted octanol–water partition coefficient (Wildman–Crippen LogP) is 2.05. The molecule has 1 saturated heterocycles. The van der Waals surface area contributed by atoms with Gasteiger partial charge in [0.2, 0.25) is 0 Å². The van der Waals surface area contributed by atoms with Crippen molar-refractivity contribution in [2.75, 3.05) is 13.7 Å². The van der Waals surface area contributed by atoms with Crippen molar-refractivity contribution < 1.29 is 14.3 Å². The van der Waals surface area contributed by atoms with Gasteiger partial charge >= 0.3 is 5.97 Å². The van der Waals surface area contributed by atoms with Gasteiger partial charge in [0, 0.05) is 11.8 Å². The van der Waals surface area contributed by atoms with Crippen LogP contribution in [0.15, 0.2) is 18.2 Å². The number of hydrogen-bond acceptors (Lipinski definition) is 4. The van der Waals surface area contributed by atoms with Crippen LogP contribution < -0.4 is 0 Å². The van der Waals surface area contributed by atoms with Gasteiger partial charge < -0.3 is 9.47 Å². The molecule has 18 heavy (non-hydrogen) atoms. The number of carbonyl (C=O) groups is 1. The number of benzene rings is 1. The van der Waals surface area contributed by atoms with Crippen LogP contribution in [-0.2, 0) is 9.47 Å². The van der Waals surface area contributed by atoms with Gasteiger partial charge in [-0.2, -0.15) is 5.10 Å².